The standard InChI is InChI=1S/C19H17ClN4O2/c20-11-5-15(14-9-22-24-16(14)6-11)19(26)7-12-13(8-19)17(12)23-18(25)10-1-3-21-4-2-10/h1-6,9,12-13,17,26H,7-8H2,(H,22,24)(H,23,25)/t12-,13+,17?,19?. The van der Waals surface area contributed by atoms with E-state index in [-0.39, 0.29) is 23.8 Å². The minimum atomic E-state index is -0.930. The molecule has 2 fully saturated rings. The first-order valence-electron chi connectivity index (χ1n) is 8.61. The van der Waals surface area contributed by atoms with Crippen LogP contribution in [0.15, 0.2) is 42.9 Å². The van der Waals surface area contributed by atoms with Gasteiger partial charge >= 0.3 is 0 Å². The van der Waals surface area contributed by atoms with Crippen molar-refractivity contribution in [2.75, 3.05) is 0 Å². The molecular weight excluding hydrogens is 352 g/mol. The molecular formula is C19H17ClN4O2. The Morgan fingerprint density at radius 2 is 2.00 bits per heavy atom. The van der Waals surface area contributed by atoms with Crippen molar-refractivity contribution >= 4 is 28.4 Å². The van der Waals surface area contributed by atoms with Crippen LogP contribution in [0.2, 0.25) is 5.02 Å². The Morgan fingerprint density at radius 3 is 2.73 bits per heavy atom. The van der Waals surface area contributed by atoms with E-state index >= 15 is 0 Å². The number of rotatable bonds is 3. The van der Waals surface area contributed by atoms with Gasteiger partial charge in [0.15, 0.2) is 0 Å². The van der Waals surface area contributed by atoms with Gasteiger partial charge in [0.1, 0.15) is 0 Å². The Hall–Kier alpha value is -2.44. The molecule has 7 heteroatoms. The van der Waals surface area contributed by atoms with E-state index in [0.29, 0.717) is 23.4 Å². The van der Waals surface area contributed by atoms with Crippen LogP contribution in [0.4, 0.5) is 0 Å². The van der Waals surface area contributed by atoms with E-state index in [4.69, 9.17) is 11.6 Å². The van der Waals surface area contributed by atoms with Crippen LogP contribution < -0.4 is 5.32 Å². The van der Waals surface area contributed by atoms with Crippen molar-refractivity contribution < 1.29 is 9.90 Å². The molecule has 1 aromatic carbocycles. The first-order valence-corrected chi connectivity index (χ1v) is 8.99. The molecule has 0 saturated heterocycles. The van der Waals surface area contributed by atoms with Gasteiger partial charge in [-0.05, 0) is 54.5 Å². The predicted molar refractivity (Wildman–Crippen MR) is 96.7 cm³/mol. The zero-order valence-electron chi connectivity index (χ0n) is 13.8. The molecule has 4 atom stereocenters. The van der Waals surface area contributed by atoms with E-state index in [1.54, 1.807) is 30.7 Å². The second-order valence-electron chi connectivity index (χ2n) is 7.29. The molecule has 2 aromatic heterocycles. The Kier molecular flexibility index (Phi) is 3.36. The third kappa shape index (κ3) is 2.40. The van der Waals surface area contributed by atoms with Gasteiger partial charge in [-0.3, -0.25) is 14.9 Å². The minimum absolute atomic E-state index is 0.0877. The number of aliphatic hydroxyl groups is 1. The number of amides is 1. The van der Waals surface area contributed by atoms with Gasteiger partial charge in [0.05, 0.1) is 17.3 Å². The number of aromatic amines is 1. The highest BCUT2D eigenvalue weighted by molar-refractivity contribution is 6.31. The minimum Gasteiger partial charge on any atom is -0.385 e. The fraction of sp³-hybridized carbons (Fsp3) is 0.316. The lowest BCUT2D eigenvalue weighted by Gasteiger charge is -2.27. The SMILES string of the molecule is O=C(NC1[C@H]2CC(O)(c3cc(Cl)cc4[nH]ncc34)C[C@@H]12)c1ccncc1. The van der Waals surface area contributed by atoms with Gasteiger partial charge in [-0.15, -0.1) is 0 Å². The molecule has 0 radical (unpaired) electrons. The van der Waals surface area contributed by atoms with Crippen LogP contribution in [-0.4, -0.2) is 32.2 Å². The first kappa shape index (κ1) is 15.8. The van der Waals surface area contributed by atoms with Crippen LogP contribution in [0.3, 0.4) is 0 Å². The lowest BCUT2D eigenvalue weighted by molar-refractivity contribution is 0.0293. The molecule has 2 saturated carbocycles. The van der Waals surface area contributed by atoms with Crippen LogP contribution in [0.5, 0.6) is 0 Å². The van der Waals surface area contributed by atoms with Gasteiger partial charge in [0.25, 0.3) is 5.91 Å². The average molecular weight is 369 g/mol. The normalized spacial score (nSPS) is 29.5. The number of H-pyrrole nitrogens is 1. The van der Waals surface area contributed by atoms with Gasteiger partial charge in [-0.1, -0.05) is 11.6 Å². The van der Waals surface area contributed by atoms with Gasteiger partial charge in [0.2, 0.25) is 0 Å². The van der Waals surface area contributed by atoms with Gasteiger partial charge < -0.3 is 10.4 Å². The molecule has 5 rings (SSSR count). The van der Waals surface area contributed by atoms with E-state index in [2.05, 4.69) is 20.5 Å². The highest BCUT2D eigenvalue weighted by atomic mass is 35.5. The van der Waals surface area contributed by atoms with Crippen molar-refractivity contribution in [1.82, 2.24) is 20.5 Å². The maximum atomic E-state index is 12.3. The summed E-state index contributed by atoms with van der Waals surface area (Å²) in [6.07, 6.45) is 6.16. The molecule has 0 aliphatic heterocycles. The molecule has 132 valence electrons. The van der Waals surface area contributed by atoms with Crippen molar-refractivity contribution in [2.24, 2.45) is 11.8 Å². The number of hydrogen-bond acceptors (Lipinski definition) is 4. The first-order chi connectivity index (χ1) is 12.5. The third-order valence-electron chi connectivity index (χ3n) is 5.74. The molecule has 0 spiro atoms. The summed E-state index contributed by atoms with van der Waals surface area (Å²) in [5.41, 5.74) is 1.32. The molecule has 6 nitrogen and oxygen atoms in total. The summed E-state index contributed by atoms with van der Waals surface area (Å²) in [6.45, 7) is 0. The van der Waals surface area contributed by atoms with Crippen LogP contribution in [-0.2, 0) is 5.60 Å². The molecule has 3 N–H and O–H groups in total. The van der Waals surface area contributed by atoms with Gasteiger partial charge in [-0.2, -0.15) is 5.10 Å². The lowest BCUT2D eigenvalue weighted by atomic mass is 9.86. The molecule has 3 aromatic rings. The van der Waals surface area contributed by atoms with E-state index in [1.807, 2.05) is 12.1 Å². The number of carbonyl (C=O) groups is 1. The van der Waals surface area contributed by atoms with E-state index < -0.39 is 5.60 Å². The van der Waals surface area contributed by atoms with Crippen molar-refractivity contribution in [1.29, 1.82) is 0 Å². The number of hydrogen-bond donors (Lipinski definition) is 3. The van der Waals surface area contributed by atoms with Crippen molar-refractivity contribution in [3.05, 3.63) is 59.0 Å². The Morgan fingerprint density at radius 1 is 1.27 bits per heavy atom. The largest absolute Gasteiger partial charge is 0.385 e. The molecule has 0 bridgehead atoms. The Bertz CT molecular complexity index is 991. The molecule has 2 aliphatic rings. The number of aromatic nitrogens is 3. The Labute approximate surface area is 154 Å². The van der Waals surface area contributed by atoms with Crippen LogP contribution in [0, 0.1) is 11.8 Å². The summed E-state index contributed by atoms with van der Waals surface area (Å²) >= 11 is 6.21. The summed E-state index contributed by atoms with van der Waals surface area (Å²) in [7, 11) is 0. The van der Waals surface area contributed by atoms with Crippen molar-refractivity contribution in [3.63, 3.8) is 0 Å². The summed E-state index contributed by atoms with van der Waals surface area (Å²) < 4.78 is 0. The van der Waals surface area contributed by atoms with E-state index in [1.165, 1.54) is 0 Å². The number of fused-ring (bicyclic) bond motifs is 2. The summed E-state index contributed by atoms with van der Waals surface area (Å²) in [4.78, 5) is 16.2. The third-order valence-corrected chi connectivity index (χ3v) is 5.96. The van der Waals surface area contributed by atoms with Crippen LogP contribution in [0.1, 0.15) is 28.8 Å². The van der Waals surface area contributed by atoms with Crippen molar-refractivity contribution in [2.45, 2.75) is 24.5 Å². The number of carbonyl (C=O) groups excluding carboxylic acids is 1. The number of halogens is 1. The molecule has 1 amide bonds. The zero-order valence-corrected chi connectivity index (χ0v) is 14.6. The Balaban J connectivity index is 1.34. The topological polar surface area (TPSA) is 90.9 Å². The van der Waals surface area contributed by atoms with Crippen molar-refractivity contribution in [3.8, 4) is 0 Å². The predicted octanol–water partition coefficient (Wildman–Crippen LogP) is 2.64. The number of nitrogens with zero attached hydrogens (tertiary/aromatic N) is 2. The lowest BCUT2D eigenvalue weighted by Crippen LogP contribution is -2.33. The maximum absolute atomic E-state index is 12.3. The smallest absolute Gasteiger partial charge is 0.251 e. The number of benzene rings is 1. The summed E-state index contributed by atoms with van der Waals surface area (Å²) in [5.74, 6) is 0.480. The zero-order chi connectivity index (χ0) is 17.9. The highest BCUT2D eigenvalue weighted by Crippen LogP contribution is 2.60. The van der Waals surface area contributed by atoms with Gasteiger partial charge in [0, 0.05) is 34.4 Å². The van der Waals surface area contributed by atoms with Gasteiger partial charge in [-0.25, -0.2) is 0 Å². The fourth-order valence-electron chi connectivity index (χ4n) is 4.44. The van der Waals surface area contributed by atoms with Crippen LogP contribution in [0.25, 0.3) is 10.9 Å². The second kappa shape index (κ2) is 5.53. The monoisotopic (exact) mass is 368 g/mol. The quantitative estimate of drug-likeness (QED) is 0.662. The summed E-state index contributed by atoms with van der Waals surface area (Å²) in [6, 6.07) is 7.16. The maximum Gasteiger partial charge on any atom is 0.251 e. The fourth-order valence-corrected chi connectivity index (χ4v) is 4.66. The number of nitrogens with one attached hydrogen (secondary N) is 2. The molecule has 2 unspecified atom stereocenters. The van der Waals surface area contributed by atoms with Crippen LogP contribution >= 0.6 is 11.6 Å². The van der Waals surface area contributed by atoms with E-state index in [9.17, 15) is 9.90 Å². The van der Waals surface area contributed by atoms with E-state index in [0.717, 1.165) is 16.5 Å². The second-order valence-corrected chi connectivity index (χ2v) is 7.72. The molecule has 26 heavy (non-hydrogen) atoms. The molecule has 2 heterocycles. The summed E-state index contributed by atoms with van der Waals surface area (Å²) in [5, 5.41) is 22.8. The highest BCUT2D eigenvalue weighted by Gasteiger charge is 2.62. The molecule has 2 aliphatic carbocycles. The average Bonchev–Trinajstić information content (AvgIpc) is 3.01. The number of pyridine rings is 1.